The Morgan fingerprint density at radius 1 is 1.37 bits per heavy atom. The summed E-state index contributed by atoms with van der Waals surface area (Å²) in [7, 11) is 1.74. The second kappa shape index (κ2) is 9.23. The zero-order valence-electron chi connectivity index (χ0n) is 12.1. The minimum absolute atomic E-state index is 0.0629. The van der Waals surface area contributed by atoms with E-state index in [0.29, 0.717) is 6.61 Å². The predicted octanol–water partition coefficient (Wildman–Crippen LogP) is 3.37. The molecule has 2 N–H and O–H groups in total. The van der Waals surface area contributed by atoms with Crippen LogP contribution in [-0.4, -0.2) is 26.1 Å². The van der Waals surface area contributed by atoms with Crippen LogP contribution in [0.2, 0.25) is 0 Å². The third-order valence-corrected chi connectivity index (χ3v) is 3.90. The van der Waals surface area contributed by atoms with E-state index in [-0.39, 0.29) is 6.04 Å². The number of hydrogen-bond donors (Lipinski definition) is 1. The molecule has 1 atom stereocenters. The van der Waals surface area contributed by atoms with Gasteiger partial charge >= 0.3 is 0 Å². The Morgan fingerprint density at radius 3 is 2.79 bits per heavy atom. The lowest BCUT2D eigenvalue weighted by atomic mass is 10.1. The van der Waals surface area contributed by atoms with Crippen LogP contribution in [0.5, 0.6) is 5.75 Å². The van der Waals surface area contributed by atoms with Crippen molar-refractivity contribution in [2.24, 2.45) is 5.73 Å². The van der Waals surface area contributed by atoms with E-state index < -0.39 is 0 Å². The van der Waals surface area contributed by atoms with Gasteiger partial charge in [-0.05, 0) is 43.7 Å². The van der Waals surface area contributed by atoms with E-state index >= 15 is 0 Å². The van der Waals surface area contributed by atoms with Gasteiger partial charge in [0, 0.05) is 31.1 Å². The molecular formula is C15H25NO2S. The van der Waals surface area contributed by atoms with Crippen LogP contribution in [0.1, 0.15) is 37.4 Å². The summed E-state index contributed by atoms with van der Waals surface area (Å²) >= 11 is 1.91. The van der Waals surface area contributed by atoms with Crippen molar-refractivity contribution in [3.63, 3.8) is 0 Å². The number of nitrogens with two attached hydrogens (primary N) is 1. The molecule has 0 radical (unpaired) electrons. The third kappa shape index (κ3) is 5.85. The second-order valence-corrected chi connectivity index (χ2v) is 5.59. The Hall–Kier alpha value is -0.710. The Labute approximate surface area is 120 Å². The first kappa shape index (κ1) is 16.3. The number of hydrogen-bond acceptors (Lipinski definition) is 4. The average Bonchev–Trinajstić information content (AvgIpc) is 2.40. The van der Waals surface area contributed by atoms with Gasteiger partial charge in [-0.2, -0.15) is 11.8 Å². The monoisotopic (exact) mass is 283 g/mol. The average molecular weight is 283 g/mol. The summed E-state index contributed by atoms with van der Waals surface area (Å²) in [6, 6.07) is 6.31. The molecule has 19 heavy (non-hydrogen) atoms. The van der Waals surface area contributed by atoms with Gasteiger partial charge in [-0.25, -0.2) is 0 Å². The molecule has 0 bridgehead atoms. The van der Waals surface area contributed by atoms with E-state index in [1.807, 2.05) is 31.7 Å². The Bertz CT molecular complexity index is 369. The van der Waals surface area contributed by atoms with E-state index in [2.05, 4.69) is 12.1 Å². The highest BCUT2D eigenvalue weighted by atomic mass is 32.2. The van der Waals surface area contributed by atoms with Crippen molar-refractivity contribution in [2.45, 2.75) is 32.1 Å². The van der Waals surface area contributed by atoms with Crippen LogP contribution in [0.4, 0.5) is 0 Å². The van der Waals surface area contributed by atoms with Crippen molar-refractivity contribution in [3.05, 3.63) is 29.3 Å². The Morgan fingerprint density at radius 2 is 2.16 bits per heavy atom. The summed E-state index contributed by atoms with van der Waals surface area (Å²) in [4.78, 5) is 0. The van der Waals surface area contributed by atoms with Crippen molar-refractivity contribution in [1.29, 1.82) is 0 Å². The first-order valence-corrected chi connectivity index (χ1v) is 7.92. The second-order valence-electron chi connectivity index (χ2n) is 4.49. The van der Waals surface area contributed by atoms with Gasteiger partial charge in [0.2, 0.25) is 0 Å². The number of benzene rings is 1. The van der Waals surface area contributed by atoms with Gasteiger partial charge in [0.15, 0.2) is 0 Å². The minimum Gasteiger partial charge on any atom is -0.494 e. The maximum Gasteiger partial charge on any atom is 0.123 e. The summed E-state index contributed by atoms with van der Waals surface area (Å²) < 4.78 is 10.7. The zero-order valence-corrected chi connectivity index (χ0v) is 13.0. The minimum atomic E-state index is 0.0629. The SMILES string of the molecule is CCOc1ccc(C(C)N)cc1CSCCCOC. The highest BCUT2D eigenvalue weighted by Gasteiger charge is 2.07. The van der Waals surface area contributed by atoms with Gasteiger partial charge in [0.25, 0.3) is 0 Å². The molecule has 3 nitrogen and oxygen atoms in total. The van der Waals surface area contributed by atoms with Gasteiger partial charge in [-0.1, -0.05) is 6.07 Å². The molecule has 0 saturated carbocycles. The fourth-order valence-corrected chi connectivity index (χ4v) is 2.69. The third-order valence-electron chi connectivity index (χ3n) is 2.80. The molecule has 0 aliphatic heterocycles. The van der Waals surface area contributed by atoms with Crippen LogP contribution in [0.15, 0.2) is 18.2 Å². The first-order chi connectivity index (χ1) is 9.19. The van der Waals surface area contributed by atoms with Crippen LogP contribution in [0, 0.1) is 0 Å². The maximum absolute atomic E-state index is 5.94. The molecule has 0 aliphatic rings. The highest BCUT2D eigenvalue weighted by Crippen LogP contribution is 2.27. The van der Waals surface area contributed by atoms with Crippen LogP contribution >= 0.6 is 11.8 Å². The van der Waals surface area contributed by atoms with E-state index in [0.717, 1.165) is 35.8 Å². The van der Waals surface area contributed by atoms with Crippen molar-refractivity contribution in [2.75, 3.05) is 26.1 Å². The van der Waals surface area contributed by atoms with Gasteiger partial charge in [0.1, 0.15) is 5.75 Å². The standard InChI is InChI=1S/C15H25NO2S/c1-4-18-15-7-6-13(12(2)16)10-14(15)11-19-9-5-8-17-3/h6-7,10,12H,4-5,8-9,11,16H2,1-3H3. The topological polar surface area (TPSA) is 44.5 Å². The molecule has 1 aromatic rings. The molecule has 4 heteroatoms. The summed E-state index contributed by atoms with van der Waals surface area (Å²) in [6.45, 7) is 5.53. The predicted molar refractivity (Wildman–Crippen MR) is 82.9 cm³/mol. The molecular weight excluding hydrogens is 258 g/mol. The summed E-state index contributed by atoms with van der Waals surface area (Å²) in [5.41, 5.74) is 8.34. The maximum atomic E-state index is 5.94. The lowest BCUT2D eigenvalue weighted by Crippen LogP contribution is -2.06. The molecule has 1 unspecified atom stereocenters. The molecule has 0 saturated heterocycles. The quantitative estimate of drug-likeness (QED) is 0.706. The smallest absolute Gasteiger partial charge is 0.123 e. The van der Waals surface area contributed by atoms with Crippen LogP contribution in [-0.2, 0) is 10.5 Å². The fraction of sp³-hybridized carbons (Fsp3) is 0.600. The van der Waals surface area contributed by atoms with Gasteiger partial charge in [-0.15, -0.1) is 0 Å². The Kier molecular flexibility index (Phi) is 7.94. The normalized spacial score (nSPS) is 12.4. The molecule has 0 aliphatic carbocycles. The number of ether oxygens (including phenoxy) is 2. The van der Waals surface area contributed by atoms with Crippen LogP contribution < -0.4 is 10.5 Å². The van der Waals surface area contributed by atoms with E-state index in [9.17, 15) is 0 Å². The molecule has 0 aromatic heterocycles. The summed E-state index contributed by atoms with van der Waals surface area (Å²) in [5, 5.41) is 0. The van der Waals surface area contributed by atoms with Crippen molar-refractivity contribution in [3.8, 4) is 5.75 Å². The van der Waals surface area contributed by atoms with Crippen molar-refractivity contribution in [1.82, 2.24) is 0 Å². The van der Waals surface area contributed by atoms with Gasteiger partial charge in [0.05, 0.1) is 6.61 Å². The van der Waals surface area contributed by atoms with Crippen LogP contribution in [0.3, 0.4) is 0 Å². The molecule has 0 amide bonds. The molecule has 0 heterocycles. The molecule has 108 valence electrons. The Balaban J connectivity index is 2.63. The molecule has 1 rings (SSSR count). The fourth-order valence-electron chi connectivity index (χ4n) is 1.78. The van der Waals surface area contributed by atoms with E-state index in [4.69, 9.17) is 15.2 Å². The highest BCUT2D eigenvalue weighted by molar-refractivity contribution is 7.98. The van der Waals surface area contributed by atoms with Gasteiger partial charge in [-0.3, -0.25) is 0 Å². The van der Waals surface area contributed by atoms with E-state index in [1.165, 1.54) is 5.56 Å². The molecule has 1 aromatic carbocycles. The number of methoxy groups -OCH3 is 1. The molecule has 0 fully saturated rings. The molecule has 0 spiro atoms. The first-order valence-electron chi connectivity index (χ1n) is 6.77. The lowest BCUT2D eigenvalue weighted by molar-refractivity contribution is 0.200. The summed E-state index contributed by atoms with van der Waals surface area (Å²) in [6.07, 6.45) is 1.08. The number of rotatable bonds is 9. The lowest BCUT2D eigenvalue weighted by Gasteiger charge is -2.13. The van der Waals surface area contributed by atoms with E-state index in [1.54, 1.807) is 7.11 Å². The van der Waals surface area contributed by atoms with Gasteiger partial charge < -0.3 is 15.2 Å². The zero-order chi connectivity index (χ0) is 14.1. The number of thioether (sulfide) groups is 1. The largest absolute Gasteiger partial charge is 0.494 e. The summed E-state index contributed by atoms with van der Waals surface area (Å²) in [5.74, 6) is 3.03. The van der Waals surface area contributed by atoms with Crippen LogP contribution in [0.25, 0.3) is 0 Å². The van der Waals surface area contributed by atoms with Crippen molar-refractivity contribution < 1.29 is 9.47 Å². The van der Waals surface area contributed by atoms with Crippen molar-refractivity contribution >= 4 is 11.8 Å².